The molecule has 12 nitrogen and oxygen atoms in total. The second kappa shape index (κ2) is 14.1. The zero-order chi connectivity index (χ0) is 26.8. The number of ether oxygens (including phenoxy) is 2. The van der Waals surface area contributed by atoms with Gasteiger partial charge in [0.05, 0.1) is 25.6 Å². The second-order valence-electron chi connectivity index (χ2n) is 9.36. The Morgan fingerprint density at radius 2 is 1.95 bits per heavy atom. The first-order valence-corrected chi connectivity index (χ1v) is 13.9. The predicted octanol–water partition coefficient (Wildman–Crippen LogP) is 3.69. The van der Waals surface area contributed by atoms with Crippen molar-refractivity contribution in [2.24, 2.45) is 0 Å². The number of carbonyl (C=O) groups is 1. The van der Waals surface area contributed by atoms with Gasteiger partial charge in [0, 0.05) is 6.42 Å². The average molecular weight is 546 g/mol. The molecule has 0 aliphatic carbocycles. The minimum Gasteiger partial charge on any atom is -0.464 e. The summed E-state index contributed by atoms with van der Waals surface area (Å²) in [6, 6.07) is 0. The topological polar surface area (TPSA) is 161 Å². The van der Waals surface area contributed by atoms with E-state index in [4.69, 9.17) is 24.3 Å². The van der Waals surface area contributed by atoms with E-state index < -0.39 is 44.8 Å². The quantitative estimate of drug-likeness (QED) is 0.137. The van der Waals surface area contributed by atoms with E-state index in [1.807, 2.05) is 0 Å². The molecule has 1 fully saturated rings. The van der Waals surface area contributed by atoms with Gasteiger partial charge in [0.1, 0.15) is 11.8 Å². The van der Waals surface area contributed by atoms with Crippen LogP contribution in [0.5, 0.6) is 0 Å². The number of nitrogen functional groups attached to an aromatic ring is 1. The van der Waals surface area contributed by atoms with Crippen molar-refractivity contribution in [3.63, 3.8) is 0 Å². The van der Waals surface area contributed by atoms with Crippen molar-refractivity contribution in [3.05, 3.63) is 12.4 Å². The Morgan fingerprint density at radius 1 is 1.24 bits per heavy atom. The number of halogens is 1. The highest BCUT2D eigenvalue weighted by molar-refractivity contribution is 7.33. The molecule has 0 aromatic carbocycles. The summed E-state index contributed by atoms with van der Waals surface area (Å²) in [4.78, 5) is 23.1. The van der Waals surface area contributed by atoms with Crippen molar-refractivity contribution in [1.29, 1.82) is 0 Å². The molecule has 3 rings (SSSR count). The van der Waals surface area contributed by atoms with Crippen LogP contribution < -0.4 is 5.73 Å². The Hall–Kier alpha value is -2.18. The molecule has 4 atom stereocenters. The molecular weight excluding hydrogens is 508 g/mol. The number of imidazole rings is 1. The molecule has 0 saturated carbocycles. The fourth-order valence-corrected chi connectivity index (χ4v) is 4.85. The van der Waals surface area contributed by atoms with Gasteiger partial charge >= 0.3 is 20.3 Å². The van der Waals surface area contributed by atoms with Gasteiger partial charge in [0.15, 0.2) is 23.6 Å². The maximum atomic E-state index is 13.6. The van der Waals surface area contributed by atoms with E-state index in [9.17, 15) is 18.9 Å². The highest BCUT2D eigenvalue weighted by Gasteiger charge is 2.46. The number of nitrogens with two attached hydrogens (primary N) is 1. The summed E-state index contributed by atoms with van der Waals surface area (Å²) in [7, 11) is -3.05. The minimum atomic E-state index is -3.05. The third-order valence-corrected chi connectivity index (χ3v) is 7.07. The van der Waals surface area contributed by atoms with Gasteiger partial charge in [-0.1, -0.05) is 51.9 Å². The fraction of sp³-hybridized carbons (Fsp3) is 0.739. The van der Waals surface area contributed by atoms with Gasteiger partial charge in [-0.3, -0.25) is 13.7 Å². The van der Waals surface area contributed by atoms with Crippen LogP contribution in [0.2, 0.25) is 0 Å². The monoisotopic (exact) mass is 545 g/mol. The third-order valence-electron chi connectivity index (χ3n) is 6.31. The van der Waals surface area contributed by atoms with Gasteiger partial charge in [-0.2, -0.15) is 14.4 Å². The first kappa shape index (κ1) is 29.4. The third kappa shape index (κ3) is 8.41. The molecule has 14 heteroatoms. The number of carbonyl (C=O) groups excluding carboxylic acids is 1. The van der Waals surface area contributed by atoms with Crippen LogP contribution >= 0.6 is 8.25 Å². The van der Waals surface area contributed by atoms with Crippen molar-refractivity contribution >= 4 is 31.2 Å². The molecule has 0 radical (unpaired) electrons. The lowest BCUT2D eigenvalue weighted by molar-refractivity contribution is -0.146. The van der Waals surface area contributed by atoms with Crippen LogP contribution in [0.1, 0.15) is 77.9 Å². The standard InChI is InChI=1S/C23H37FN5O7P/c1-3-4-5-6-7-8-9-10-11-33-18(31)13-34-37(32)35-14-23(2)16(30)12-17(36-23)29-15-26-19-20(25)27-22(24)28-21(19)29/h15-17,30,37H,3-14H2,1-2H3,(H2,25,27,28)/t16-,17+,23+/m0/s1. The van der Waals surface area contributed by atoms with Crippen molar-refractivity contribution in [2.75, 3.05) is 25.6 Å². The van der Waals surface area contributed by atoms with E-state index in [1.54, 1.807) is 6.92 Å². The summed E-state index contributed by atoms with van der Waals surface area (Å²) in [5, 5.41) is 10.6. The zero-order valence-electron chi connectivity index (χ0n) is 21.4. The largest absolute Gasteiger partial charge is 0.464 e. The Bertz CT molecular complexity index is 1060. The molecule has 2 aromatic heterocycles. The average Bonchev–Trinajstić information content (AvgIpc) is 3.41. The van der Waals surface area contributed by atoms with Crippen LogP contribution in [-0.2, 0) is 27.9 Å². The Labute approximate surface area is 216 Å². The number of aromatic nitrogens is 4. The summed E-state index contributed by atoms with van der Waals surface area (Å²) in [5.41, 5.74) is 4.76. The molecule has 1 aliphatic heterocycles. The van der Waals surface area contributed by atoms with E-state index in [0.717, 1.165) is 19.3 Å². The van der Waals surface area contributed by atoms with Gasteiger partial charge in [-0.25, -0.2) is 9.78 Å². The maximum Gasteiger partial charge on any atom is 0.332 e. The van der Waals surface area contributed by atoms with Crippen LogP contribution in [0, 0.1) is 6.08 Å². The van der Waals surface area contributed by atoms with Gasteiger partial charge < -0.3 is 24.8 Å². The van der Waals surface area contributed by atoms with Crippen molar-refractivity contribution in [2.45, 2.75) is 89.6 Å². The predicted molar refractivity (Wildman–Crippen MR) is 133 cm³/mol. The lowest BCUT2D eigenvalue weighted by atomic mass is 10.0. The van der Waals surface area contributed by atoms with E-state index in [1.165, 1.54) is 43.0 Å². The lowest BCUT2D eigenvalue weighted by Gasteiger charge is -2.27. The maximum absolute atomic E-state index is 13.6. The first-order chi connectivity index (χ1) is 17.7. The SMILES string of the molecule is CCCCCCCCCCOC(=O)CO[PH](=O)OC[C@@]1(C)O[C@@H](n2cnc3c(N)nc(F)nc32)C[C@@H]1O. The highest BCUT2D eigenvalue weighted by Crippen LogP contribution is 2.40. The first-order valence-electron chi connectivity index (χ1n) is 12.7. The number of aliphatic hydroxyl groups excluding tert-OH is 1. The van der Waals surface area contributed by atoms with Crippen LogP contribution in [-0.4, -0.2) is 62.1 Å². The fourth-order valence-electron chi connectivity index (χ4n) is 4.13. The number of fused-ring (bicyclic) bond motifs is 1. The van der Waals surface area contributed by atoms with Gasteiger partial charge in [-0.05, 0) is 13.3 Å². The molecule has 1 aliphatic rings. The number of anilines is 1. The molecule has 3 N–H and O–H groups in total. The molecule has 2 aromatic rings. The van der Waals surface area contributed by atoms with E-state index in [2.05, 4.69) is 21.9 Å². The smallest absolute Gasteiger partial charge is 0.332 e. The van der Waals surface area contributed by atoms with E-state index in [-0.39, 0.29) is 30.0 Å². The van der Waals surface area contributed by atoms with Crippen LogP contribution in [0.4, 0.5) is 10.2 Å². The molecular formula is C23H37FN5O7P. The van der Waals surface area contributed by atoms with Crippen molar-refractivity contribution in [3.8, 4) is 0 Å². The number of unbranched alkanes of at least 4 members (excludes halogenated alkanes) is 7. The van der Waals surface area contributed by atoms with E-state index in [0.29, 0.717) is 6.61 Å². The van der Waals surface area contributed by atoms with E-state index >= 15 is 0 Å². The Balaban J connectivity index is 1.36. The number of nitrogens with zero attached hydrogens (tertiary/aromatic N) is 4. The number of aliphatic hydroxyl groups is 1. The molecule has 3 heterocycles. The number of hydrogen-bond donors (Lipinski definition) is 2. The lowest BCUT2D eigenvalue weighted by Crippen LogP contribution is -2.40. The summed E-state index contributed by atoms with van der Waals surface area (Å²) < 4.78 is 48.5. The molecule has 1 unspecified atom stereocenters. The summed E-state index contributed by atoms with van der Waals surface area (Å²) in [5.74, 6) is -0.730. The Kier molecular flexibility index (Phi) is 11.2. The van der Waals surface area contributed by atoms with Crippen molar-refractivity contribution < 1.29 is 37.4 Å². The van der Waals surface area contributed by atoms with Crippen LogP contribution in [0.3, 0.4) is 0 Å². The van der Waals surface area contributed by atoms with Gasteiger partial charge in [0.2, 0.25) is 0 Å². The second-order valence-corrected chi connectivity index (χ2v) is 10.4. The summed E-state index contributed by atoms with van der Waals surface area (Å²) >= 11 is 0. The van der Waals surface area contributed by atoms with Crippen LogP contribution in [0.15, 0.2) is 6.33 Å². The molecule has 0 amide bonds. The normalized spacial score (nSPS) is 22.5. The minimum absolute atomic E-state index is 0.113. The number of rotatable bonds is 16. The van der Waals surface area contributed by atoms with Gasteiger partial charge in [0.25, 0.3) is 0 Å². The number of hydrogen-bond acceptors (Lipinski definition) is 11. The molecule has 0 spiro atoms. The molecule has 37 heavy (non-hydrogen) atoms. The van der Waals surface area contributed by atoms with Crippen LogP contribution in [0.25, 0.3) is 11.2 Å². The Morgan fingerprint density at radius 3 is 2.68 bits per heavy atom. The molecule has 1 saturated heterocycles. The molecule has 208 valence electrons. The molecule has 0 bridgehead atoms. The summed E-state index contributed by atoms with van der Waals surface area (Å²) in [6.45, 7) is 3.29. The summed E-state index contributed by atoms with van der Waals surface area (Å²) in [6.07, 6.45) is 7.78. The van der Waals surface area contributed by atoms with Gasteiger partial charge in [-0.15, -0.1) is 0 Å². The highest BCUT2D eigenvalue weighted by atomic mass is 31.1. The number of esters is 1. The van der Waals surface area contributed by atoms with Crippen molar-refractivity contribution in [1.82, 2.24) is 19.5 Å². The zero-order valence-corrected chi connectivity index (χ0v) is 22.4.